The van der Waals surface area contributed by atoms with Gasteiger partial charge < -0.3 is 5.11 Å². The Morgan fingerprint density at radius 2 is 1.79 bits per heavy atom. The second-order valence-corrected chi connectivity index (χ2v) is 4.58. The second kappa shape index (κ2) is 4.62. The molecule has 0 amide bonds. The largest absolute Gasteiger partial charge is 0.493 e. The molecule has 0 spiro atoms. The number of hydrogen-bond donors (Lipinski definition) is 1. The van der Waals surface area contributed by atoms with Crippen LogP contribution in [0.4, 0.5) is 0 Å². The van der Waals surface area contributed by atoms with Gasteiger partial charge in [-0.15, -0.1) is 0 Å². The number of hydrogen-bond acceptors (Lipinski definition) is 3. The van der Waals surface area contributed by atoms with Gasteiger partial charge in [0.05, 0.1) is 5.69 Å². The van der Waals surface area contributed by atoms with E-state index >= 15 is 0 Å². The van der Waals surface area contributed by atoms with Crippen molar-refractivity contribution in [3.63, 3.8) is 0 Å². The van der Waals surface area contributed by atoms with Gasteiger partial charge in [0, 0.05) is 6.07 Å². The summed E-state index contributed by atoms with van der Waals surface area (Å²) in [6.07, 6.45) is 0. The molecule has 1 heterocycles. The summed E-state index contributed by atoms with van der Waals surface area (Å²) >= 11 is 0. The van der Waals surface area contributed by atoms with Gasteiger partial charge in [-0.05, 0) is 49.6 Å². The highest BCUT2D eigenvalue weighted by atomic mass is 16.3. The molecule has 96 valence electrons. The minimum absolute atomic E-state index is 0.123. The van der Waals surface area contributed by atoms with Crippen molar-refractivity contribution in [1.29, 1.82) is 5.26 Å². The summed E-state index contributed by atoms with van der Waals surface area (Å²) in [5.41, 5.74) is 2.93. The highest BCUT2D eigenvalue weighted by molar-refractivity contribution is 5.50. The molecule has 1 aromatic carbocycles. The number of nitrogens with zero attached hydrogens (tertiary/aromatic N) is 2. The first-order valence-electron chi connectivity index (χ1n) is 5.89. The molecule has 0 atom stereocenters. The highest BCUT2D eigenvalue weighted by Gasteiger charge is 2.14. The van der Waals surface area contributed by atoms with Crippen molar-refractivity contribution in [2.24, 2.45) is 0 Å². The molecule has 2 aromatic rings. The van der Waals surface area contributed by atoms with Crippen LogP contribution in [0.2, 0.25) is 0 Å². The maximum absolute atomic E-state index is 12.0. The van der Waals surface area contributed by atoms with Gasteiger partial charge in [-0.3, -0.25) is 4.79 Å². The average Bonchev–Trinajstić information content (AvgIpc) is 2.33. The quantitative estimate of drug-likeness (QED) is 0.849. The maximum atomic E-state index is 12.0. The lowest BCUT2D eigenvalue weighted by atomic mass is 10.1. The monoisotopic (exact) mass is 254 g/mol. The fraction of sp³-hybridized carbons (Fsp3) is 0.200. The maximum Gasteiger partial charge on any atom is 0.258 e. The van der Waals surface area contributed by atoms with E-state index in [1.54, 1.807) is 13.0 Å². The van der Waals surface area contributed by atoms with Gasteiger partial charge in [0.25, 0.3) is 5.56 Å². The lowest BCUT2D eigenvalue weighted by Gasteiger charge is -2.12. The number of rotatable bonds is 1. The Kier molecular flexibility index (Phi) is 3.14. The van der Waals surface area contributed by atoms with Crippen LogP contribution in [0.5, 0.6) is 5.88 Å². The summed E-state index contributed by atoms with van der Waals surface area (Å²) in [5.74, 6) is -0.309. The zero-order valence-corrected chi connectivity index (χ0v) is 11.1. The van der Waals surface area contributed by atoms with Crippen LogP contribution in [-0.2, 0) is 0 Å². The van der Waals surface area contributed by atoms with Crippen LogP contribution in [0.25, 0.3) is 5.69 Å². The first kappa shape index (κ1) is 12.9. The summed E-state index contributed by atoms with van der Waals surface area (Å²) in [6, 6.07) is 8.71. The van der Waals surface area contributed by atoms with Gasteiger partial charge in [0.1, 0.15) is 11.6 Å². The topological polar surface area (TPSA) is 66.0 Å². The van der Waals surface area contributed by atoms with E-state index in [0.29, 0.717) is 11.3 Å². The van der Waals surface area contributed by atoms with Gasteiger partial charge in [-0.25, -0.2) is 4.57 Å². The molecule has 0 saturated heterocycles. The predicted molar refractivity (Wildman–Crippen MR) is 72.6 cm³/mol. The van der Waals surface area contributed by atoms with Crippen LogP contribution in [0, 0.1) is 32.1 Å². The Hall–Kier alpha value is -2.54. The van der Waals surface area contributed by atoms with Gasteiger partial charge >= 0.3 is 0 Å². The molecule has 0 radical (unpaired) electrons. The molecule has 0 aliphatic carbocycles. The first-order valence-corrected chi connectivity index (χ1v) is 5.89. The van der Waals surface area contributed by atoms with Crippen molar-refractivity contribution in [2.45, 2.75) is 20.8 Å². The first-order chi connectivity index (χ1) is 8.95. The zero-order valence-electron chi connectivity index (χ0n) is 11.1. The van der Waals surface area contributed by atoms with E-state index in [4.69, 9.17) is 5.26 Å². The third-order valence-corrected chi connectivity index (χ3v) is 3.25. The standard InChI is InChI=1S/C15H14N2O2/c1-9-4-5-12(6-10(9)2)17-14(18)7-11(3)13(8-16)15(17)19/h4-7,19H,1-3H3. The summed E-state index contributed by atoms with van der Waals surface area (Å²) in [5, 5.41) is 19.1. The molecule has 1 N–H and O–H groups in total. The van der Waals surface area contributed by atoms with E-state index in [1.807, 2.05) is 32.0 Å². The Bertz CT molecular complexity index is 752. The molecule has 0 saturated carbocycles. The summed E-state index contributed by atoms with van der Waals surface area (Å²) in [6.45, 7) is 5.53. The van der Waals surface area contributed by atoms with Crippen molar-refractivity contribution in [2.75, 3.05) is 0 Å². The minimum Gasteiger partial charge on any atom is -0.493 e. The molecular formula is C15H14N2O2. The van der Waals surface area contributed by atoms with E-state index in [0.717, 1.165) is 15.7 Å². The Balaban J connectivity index is 2.79. The highest BCUT2D eigenvalue weighted by Crippen LogP contribution is 2.22. The Morgan fingerprint density at radius 3 is 2.37 bits per heavy atom. The fourth-order valence-electron chi connectivity index (χ4n) is 1.97. The minimum atomic E-state index is -0.350. The predicted octanol–water partition coefficient (Wildman–Crippen LogP) is 2.34. The number of benzene rings is 1. The van der Waals surface area contributed by atoms with Crippen LogP contribution >= 0.6 is 0 Å². The third-order valence-electron chi connectivity index (χ3n) is 3.25. The van der Waals surface area contributed by atoms with Gasteiger partial charge in [-0.1, -0.05) is 6.07 Å². The fourth-order valence-corrected chi connectivity index (χ4v) is 1.97. The zero-order chi connectivity index (χ0) is 14.2. The molecule has 4 nitrogen and oxygen atoms in total. The number of nitriles is 1. The van der Waals surface area contributed by atoms with Crippen LogP contribution in [-0.4, -0.2) is 9.67 Å². The lowest BCUT2D eigenvalue weighted by molar-refractivity contribution is 0.433. The van der Waals surface area contributed by atoms with Crippen molar-refractivity contribution >= 4 is 0 Å². The van der Waals surface area contributed by atoms with Crippen molar-refractivity contribution < 1.29 is 5.11 Å². The Morgan fingerprint density at radius 1 is 1.11 bits per heavy atom. The number of aromatic hydroxyl groups is 1. The molecule has 0 fully saturated rings. The molecule has 2 rings (SSSR count). The average molecular weight is 254 g/mol. The summed E-state index contributed by atoms with van der Waals surface area (Å²) in [7, 11) is 0. The van der Waals surface area contributed by atoms with E-state index < -0.39 is 0 Å². The van der Waals surface area contributed by atoms with Crippen LogP contribution < -0.4 is 5.56 Å². The van der Waals surface area contributed by atoms with Crippen molar-refractivity contribution in [1.82, 2.24) is 4.57 Å². The molecule has 0 bridgehead atoms. The van der Waals surface area contributed by atoms with Gasteiger partial charge in [-0.2, -0.15) is 5.26 Å². The Labute approximate surface area is 111 Å². The van der Waals surface area contributed by atoms with E-state index in [-0.39, 0.29) is 17.0 Å². The van der Waals surface area contributed by atoms with Gasteiger partial charge in [0.15, 0.2) is 0 Å². The molecule has 1 aromatic heterocycles. The SMILES string of the molecule is Cc1ccc(-n2c(O)c(C#N)c(C)cc2=O)cc1C. The second-order valence-electron chi connectivity index (χ2n) is 4.58. The van der Waals surface area contributed by atoms with E-state index in [2.05, 4.69) is 0 Å². The summed E-state index contributed by atoms with van der Waals surface area (Å²) < 4.78 is 1.15. The molecule has 19 heavy (non-hydrogen) atoms. The van der Waals surface area contributed by atoms with Crippen molar-refractivity contribution in [3.8, 4) is 17.6 Å². The molecular weight excluding hydrogens is 240 g/mol. The van der Waals surface area contributed by atoms with E-state index in [1.165, 1.54) is 6.07 Å². The van der Waals surface area contributed by atoms with Crippen LogP contribution in [0.15, 0.2) is 29.1 Å². The number of aryl methyl sites for hydroxylation is 3. The third kappa shape index (κ3) is 2.11. The molecule has 0 aliphatic rings. The number of pyridine rings is 1. The van der Waals surface area contributed by atoms with Gasteiger partial charge in [0.2, 0.25) is 5.88 Å². The molecule has 0 unspecified atom stereocenters. The van der Waals surface area contributed by atoms with Crippen LogP contribution in [0.1, 0.15) is 22.3 Å². The number of aromatic nitrogens is 1. The molecule has 0 aliphatic heterocycles. The normalized spacial score (nSPS) is 10.2. The smallest absolute Gasteiger partial charge is 0.258 e. The van der Waals surface area contributed by atoms with E-state index in [9.17, 15) is 9.90 Å². The van der Waals surface area contributed by atoms with Crippen molar-refractivity contribution in [3.05, 3.63) is 56.9 Å². The molecule has 4 heteroatoms. The summed E-state index contributed by atoms with van der Waals surface area (Å²) in [4.78, 5) is 12.0. The lowest BCUT2D eigenvalue weighted by Crippen LogP contribution is -2.19. The van der Waals surface area contributed by atoms with Crippen LogP contribution in [0.3, 0.4) is 0 Å².